The summed E-state index contributed by atoms with van der Waals surface area (Å²) in [6.45, 7) is 6.44. The van der Waals surface area contributed by atoms with Crippen LogP contribution >= 0.6 is 0 Å². The Balaban J connectivity index is 2.23. The first-order valence-electron chi connectivity index (χ1n) is 6.72. The molecule has 1 aliphatic heterocycles. The predicted octanol–water partition coefficient (Wildman–Crippen LogP) is 1.30. The van der Waals surface area contributed by atoms with Gasteiger partial charge >= 0.3 is 0 Å². The van der Waals surface area contributed by atoms with Crippen molar-refractivity contribution in [2.45, 2.75) is 26.0 Å². The van der Waals surface area contributed by atoms with Gasteiger partial charge in [-0.1, -0.05) is 6.07 Å². The highest BCUT2D eigenvalue weighted by Crippen LogP contribution is 2.24. The number of rotatable bonds is 4. The summed E-state index contributed by atoms with van der Waals surface area (Å²) in [7, 11) is 0. The Morgan fingerprint density at radius 2 is 2.24 bits per heavy atom. The molecule has 7 heteroatoms. The van der Waals surface area contributed by atoms with Gasteiger partial charge in [0.05, 0.1) is 17.1 Å². The second kappa shape index (κ2) is 5.79. The minimum Gasteiger partial charge on any atom is -0.373 e. The number of primary amides is 1. The summed E-state index contributed by atoms with van der Waals surface area (Å²) < 4.78 is 5.62. The van der Waals surface area contributed by atoms with Crippen molar-refractivity contribution in [1.82, 2.24) is 4.90 Å². The highest BCUT2D eigenvalue weighted by atomic mass is 16.6. The minimum absolute atomic E-state index is 0.0735. The second-order valence-corrected chi connectivity index (χ2v) is 5.78. The van der Waals surface area contributed by atoms with E-state index in [0.717, 1.165) is 6.54 Å². The summed E-state index contributed by atoms with van der Waals surface area (Å²) in [5.41, 5.74) is 5.55. The molecule has 1 amide bonds. The highest BCUT2D eigenvalue weighted by Gasteiger charge is 2.28. The number of nitro benzene ring substituents is 1. The number of carbonyl (C=O) groups is 1. The molecule has 0 saturated carbocycles. The van der Waals surface area contributed by atoms with Crippen LogP contribution in [0.3, 0.4) is 0 Å². The average Bonchev–Trinajstić information content (AvgIpc) is 2.37. The van der Waals surface area contributed by atoms with Crippen molar-refractivity contribution in [2.75, 3.05) is 19.7 Å². The second-order valence-electron chi connectivity index (χ2n) is 5.78. The Morgan fingerprint density at radius 3 is 2.81 bits per heavy atom. The molecule has 1 saturated heterocycles. The van der Waals surface area contributed by atoms with Gasteiger partial charge in [-0.15, -0.1) is 0 Å². The first-order chi connectivity index (χ1) is 9.78. The Kier molecular flexibility index (Phi) is 4.24. The topological polar surface area (TPSA) is 98.7 Å². The van der Waals surface area contributed by atoms with E-state index in [2.05, 4.69) is 4.90 Å². The molecular formula is C14H19N3O4. The quantitative estimate of drug-likeness (QED) is 0.666. The van der Waals surface area contributed by atoms with Gasteiger partial charge in [0, 0.05) is 36.8 Å². The first kappa shape index (κ1) is 15.4. The summed E-state index contributed by atoms with van der Waals surface area (Å²) in [6.07, 6.45) is 0. The molecule has 7 nitrogen and oxygen atoms in total. The molecule has 1 aromatic rings. The number of nitrogens with two attached hydrogens (primary N) is 1. The zero-order chi connectivity index (χ0) is 15.6. The maximum absolute atomic E-state index is 11.2. The Hall–Kier alpha value is -1.99. The molecule has 0 bridgehead atoms. The number of benzene rings is 1. The number of hydrogen-bond donors (Lipinski definition) is 1. The van der Waals surface area contributed by atoms with Gasteiger partial charge in [0.15, 0.2) is 0 Å². The van der Waals surface area contributed by atoms with Gasteiger partial charge in [-0.25, -0.2) is 0 Å². The van der Waals surface area contributed by atoms with Crippen LogP contribution in [0, 0.1) is 10.1 Å². The van der Waals surface area contributed by atoms with Gasteiger partial charge in [0.2, 0.25) is 5.91 Å². The number of hydrogen-bond acceptors (Lipinski definition) is 5. The summed E-state index contributed by atoms with van der Waals surface area (Å²) in [5.74, 6) is -0.669. The zero-order valence-corrected chi connectivity index (χ0v) is 12.2. The van der Waals surface area contributed by atoms with Crippen molar-refractivity contribution >= 4 is 11.6 Å². The lowest BCUT2D eigenvalue weighted by molar-refractivity contribution is -0.385. The van der Waals surface area contributed by atoms with Gasteiger partial charge in [-0.3, -0.25) is 19.8 Å². The zero-order valence-electron chi connectivity index (χ0n) is 12.2. The SMILES string of the molecule is CC1(C)CN(Cc2ccc(C(N)=O)cc2[N+](=O)[O-])CCO1. The molecule has 114 valence electrons. The van der Waals surface area contributed by atoms with Crippen LogP contribution in [-0.4, -0.2) is 41.0 Å². The van der Waals surface area contributed by atoms with Gasteiger partial charge in [-0.05, 0) is 19.9 Å². The summed E-state index contributed by atoms with van der Waals surface area (Å²) in [4.78, 5) is 23.9. The average molecular weight is 293 g/mol. The normalized spacial score (nSPS) is 18.4. The third-order valence-electron chi connectivity index (χ3n) is 3.47. The van der Waals surface area contributed by atoms with E-state index >= 15 is 0 Å². The molecule has 0 aromatic heterocycles. The van der Waals surface area contributed by atoms with Crippen LogP contribution in [-0.2, 0) is 11.3 Å². The van der Waals surface area contributed by atoms with E-state index in [9.17, 15) is 14.9 Å². The van der Waals surface area contributed by atoms with E-state index in [1.165, 1.54) is 12.1 Å². The molecule has 2 N–H and O–H groups in total. The van der Waals surface area contributed by atoms with E-state index < -0.39 is 10.8 Å². The lowest BCUT2D eigenvalue weighted by Crippen LogP contribution is -2.47. The van der Waals surface area contributed by atoms with Crippen LogP contribution in [0.1, 0.15) is 29.8 Å². The smallest absolute Gasteiger partial charge is 0.274 e. The molecule has 2 rings (SSSR count). The van der Waals surface area contributed by atoms with Gasteiger partial charge in [-0.2, -0.15) is 0 Å². The molecule has 21 heavy (non-hydrogen) atoms. The molecule has 1 aliphatic rings. The number of nitro groups is 1. The Labute approximate surface area is 122 Å². The van der Waals surface area contributed by atoms with E-state index in [-0.39, 0.29) is 16.9 Å². The maximum Gasteiger partial charge on any atom is 0.274 e. The number of morpholine rings is 1. The van der Waals surface area contributed by atoms with Crippen LogP contribution in [0.4, 0.5) is 5.69 Å². The molecule has 0 atom stereocenters. The first-order valence-corrected chi connectivity index (χ1v) is 6.72. The number of ether oxygens (including phenoxy) is 1. The molecule has 0 unspecified atom stereocenters. The fourth-order valence-corrected chi connectivity index (χ4v) is 2.51. The van der Waals surface area contributed by atoms with Crippen LogP contribution < -0.4 is 5.73 Å². The lowest BCUT2D eigenvalue weighted by Gasteiger charge is -2.38. The Bertz CT molecular complexity index is 571. The third kappa shape index (κ3) is 3.77. The van der Waals surface area contributed by atoms with Crippen molar-refractivity contribution in [2.24, 2.45) is 5.73 Å². The fraction of sp³-hybridized carbons (Fsp3) is 0.500. The van der Waals surface area contributed by atoms with Crippen LogP contribution in [0.15, 0.2) is 18.2 Å². The van der Waals surface area contributed by atoms with E-state index in [0.29, 0.717) is 25.3 Å². The minimum atomic E-state index is -0.669. The highest BCUT2D eigenvalue weighted by molar-refractivity contribution is 5.93. The predicted molar refractivity (Wildman–Crippen MR) is 76.9 cm³/mol. The monoisotopic (exact) mass is 293 g/mol. The number of carbonyl (C=O) groups excluding carboxylic acids is 1. The molecule has 1 heterocycles. The van der Waals surface area contributed by atoms with Crippen molar-refractivity contribution < 1.29 is 14.5 Å². The lowest BCUT2D eigenvalue weighted by atomic mass is 10.0. The standard InChI is InChI=1S/C14H19N3O4/c1-14(2)9-16(5-6-21-14)8-11-4-3-10(13(15)18)7-12(11)17(19)20/h3-4,7H,5-6,8-9H2,1-2H3,(H2,15,18). The molecule has 0 aliphatic carbocycles. The summed E-state index contributed by atoms with van der Waals surface area (Å²) in [6, 6.07) is 4.36. The number of nitrogens with zero attached hydrogens (tertiary/aromatic N) is 2. The Morgan fingerprint density at radius 1 is 1.52 bits per heavy atom. The van der Waals surface area contributed by atoms with Crippen molar-refractivity contribution in [3.8, 4) is 0 Å². The molecule has 1 fully saturated rings. The van der Waals surface area contributed by atoms with Crippen molar-refractivity contribution in [1.29, 1.82) is 0 Å². The van der Waals surface area contributed by atoms with E-state index in [4.69, 9.17) is 10.5 Å². The summed E-state index contributed by atoms with van der Waals surface area (Å²) in [5, 5.41) is 11.2. The largest absolute Gasteiger partial charge is 0.373 e. The van der Waals surface area contributed by atoms with Crippen molar-refractivity contribution in [3.05, 3.63) is 39.4 Å². The van der Waals surface area contributed by atoms with Gasteiger partial charge in [0.25, 0.3) is 5.69 Å². The summed E-state index contributed by atoms with van der Waals surface area (Å²) >= 11 is 0. The fourth-order valence-electron chi connectivity index (χ4n) is 2.51. The van der Waals surface area contributed by atoms with E-state index in [1.807, 2.05) is 13.8 Å². The maximum atomic E-state index is 11.2. The van der Waals surface area contributed by atoms with Crippen LogP contribution in [0.25, 0.3) is 0 Å². The van der Waals surface area contributed by atoms with Crippen LogP contribution in [0.2, 0.25) is 0 Å². The number of amides is 1. The molecule has 0 spiro atoms. The van der Waals surface area contributed by atoms with Crippen molar-refractivity contribution in [3.63, 3.8) is 0 Å². The van der Waals surface area contributed by atoms with E-state index in [1.54, 1.807) is 6.07 Å². The van der Waals surface area contributed by atoms with Gasteiger partial charge < -0.3 is 10.5 Å². The van der Waals surface area contributed by atoms with Gasteiger partial charge in [0.1, 0.15) is 0 Å². The van der Waals surface area contributed by atoms with Crippen LogP contribution in [0.5, 0.6) is 0 Å². The molecule has 1 aromatic carbocycles. The molecular weight excluding hydrogens is 274 g/mol. The molecule has 0 radical (unpaired) electrons. The third-order valence-corrected chi connectivity index (χ3v) is 3.47.